The summed E-state index contributed by atoms with van der Waals surface area (Å²) in [6.07, 6.45) is 0.662. The molecule has 1 atom stereocenters. The number of amides is 2. The summed E-state index contributed by atoms with van der Waals surface area (Å²) >= 11 is 0. The van der Waals surface area contributed by atoms with Gasteiger partial charge in [0.15, 0.2) is 11.5 Å². The number of hydrogen-bond acceptors (Lipinski definition) is 6. The van der Waals surface area contributed by atoms with Crippen LogP contribution in [-0.4, -0.2) is 36.4 Å². The fourth-order valence-electron chi connectivity index (χ4n) is 4.16. The predicted molar refractivity (Wildman–Crippen MR) is 131 cm³/mol. The number of nitrogens with zero attached hydrogens (tertiary/aromatic N) is 2. The maximum absolute atomic E-state index is 13.2. The molecular formula is C27H25N3O5. The molecule has 8 heteroatoms. The van der Waals surface area contributed by atoms with Gasteiger partial charge in [-0.25, -0.2) is 5.01 Å². The standard InChI is InChI=1S/C27H25N3O5/c1-33-21-10-7-19(8-11-21)23-16-22(18-5-3-2-4-6-18)29-30(23)27(32)14-13-26(31)28-20-9-12-24-25(15-20)35-17-34-24/h2-12,15,23H,13-14,16-17H2,1H3,(H,28,31). The first-order valence-corrected chi connectivity index (χ1v) is 11.4. The normalized spacial score (nSPS) is 16.1. The molecule has 1 unspecified atom stereocenters. The summed E-state index contributed by atoms with van der Waals surface area (Å²) in [7, 11) is 1.62. The van der Waals surface area contributed by atoms with Gasteiger partial charge in [-0.3, -0.25) is 9.59 Å². The van der Waals surface area contributed by atoms with E-state index < -0.39 is 0 Å². The molecule has 2 amide bonds. The number of fused-ring (bicyclic) bond motifs is 1. The summed E-state index contributed by atoms with van der Waals surface area (Å²) in [4.78, 5) is 25.8. The third kappa shape index (κ3) is 4.96. The van der Waals surface area contributed by atoms with Crippen molar-refractivity contribution in [1.82, 2.24) is 5.01 Å². The number of carbonyl (C=O) groups is 2. The van der Waals surface area contributed by atoms with Crippen LogP contribution in [0.4, 0.5) is 5.69 Å². The number of rotatable bonds is 7. The largest absolute Gasteiger partial charge is 0.497 e. The first-order chi connectivity index (χ1) is 17.1. The molecule has 35 heavy (non-hydrogen) atoms. The van der Waals surface area contributed by atoms with Gasteiger partial charge in [-0.05, 0) is 35.4 Å². The summed E-state index contributed by atoms with van der Waals surface area (Å²) in [6.45, 7) is 0.165. The number of nitrogens with one attached hydrogen (secondary N) is 1. The number of benzene rings is 3. The Labute approximate surface area is 203 Å². The average molecular weight is 472 g/mol. The Kier molecular flexibility index (Phi) is 6.34. The van der Waals surface area contributed by atoms with Gasteiger partial charge in [0.25, 0.3) is 0 Å². The molecule has 0 aliphatic carbocycles. The lowest BCUT2D eigenvalue weighted by Gasteiger charge is -2.22. The van der Waals surface area contributed by atoms with Crippen LogP contribution in [0.3, 0.4) is 0 Å². The van der Waals surface area contributed by atoms with E-state index in [-0.39, 0.29) is 37.5 Å². The Balaban J connectivity index is 1.28. The molecule has 3 aromatic rings. The van der Waals surface area contributed by atoms with Crippen molar-refractivity contribution in [3.8, 4) is 17.2 Å². The second-order valence-corrected chi connectivity index (χ2v) is 8.26. The van der Waals surface area contributed by atoms with E-state index in [0.29, 0.717) is 23.6 Å². The maximum atomic E-state index is 13.2. The van der Waals surface area contributed by atoms with Gasteiger partial charge in [0.05, 0.1) is 18.9 Å². The van der Waals surface area contributed by atoms with E-state index in [1.807, 2.05) is 54.6 Å². The zero-order valence-corrected chi connectivity index (χ0v) is 19.3. The van der Waals surface area contributed by atoms with Crippen LogP contribution < -0.4 is 19.5 Å². The highest BCUT2D eigenvalue weighted by atomic mass is 16.7. The van der Waals surface area contributed by atoms with Gasteiger partial charge in [-0.15, -0.1) is 0 Å². The van der Waals surface area contributed by atoms with Crippen molar-refractivity contribution < 1.29 is 23.8 Å². The van der Waals surface area contributed by atoms with Gasteiger partial charge < -0.3 is 19.5 Å². The van der Waals surface area contributed by atoms with Gasteiger partial charge in [0.2, 0.25) is 18.6 Å². The van der Waals surface area contributed by atoms with E-state index in [9.17, 15) is 9.59 Å². The maximum Gasteiger partial charge on any atom is 0.243 e. The van der Waals surface area contributed by atoms with Crippen LogP contribution in [0.2, 0.25) is 0 Å². The van der Waals surface area contributed by atoms with Gasteiger partial charge in [-0.2, -0.15) is 5.10 Å². The Morgan fingerprint density at radius 2 is 1.77 bits per heavy atom. The molecular weight excluding hydrogens is 446 g/mol. The molecule has 0 spiro atoms. The van der Waals surface area contributed by atoms with Crippen LogP contribution in [0.1, 0.15) is 36.4 Å². The summed E-state index contributed by atoms with van der Waals surface area (Å²) in [5.41, 5.74) is 3.36. The average Bonchev–Trinajstić information content (AvgIpc) is 3.55. The first kappa shape index (κ1) is 22.5. The van der Waals surface area contributed by atoms with Gasteiger partial charge >= 0.3 is 0 Å². The highest BCUT2D eigenvalue weighted by Crippen LogP contribution is 2.35. The number of hydrazone groups is 1. The molecule has 0 fully saturated rings. The molecule has 0 bridgehead atoms. The SMILES string of the molecule is COc1ccc(C2CC(c3ccccc3)=NN2C(=O)CCC(=O)Nc2ccc3c(c2)OCO3)cc1. The lowest BCUT2D eigenvalue weighted by molar-refractivity contribution is -0.134. The van der Waals surface area contributed by atoms with Crippen LogP contribution in [0.25, 0.3) is 0 Å². The zero-order valence-electron chi connectivity index (χ0n) is 19.3. The summed E-state index contributed by atoms with van der Waals surface area (Å²) < 4.78 is 15.9. The van der Waals surface area contributed by atoms with Crippen molar-refractivity contribution in [2.24, 2.45) is 5.10 Å². The van der Waals surface area contributed by atoms with Gasteiger partial charge in [0, 0.05) is 31.0 Å². The number of carbonyl (C=O) groups excluding carboxylic acids is 2. The lowest BCUT2D eigenvalue weighted by atomic mass is 9.98. The molecule has 0 saturated carbocycles. The van der Waals surface area contributed by atoms with E-state index >= 15 is 0 Å². The number of hydrogen-bond donors (Lipinski definition) is 1. The van der Waals surface area contributed by atoms with E-state index in [1.165, 1.54) is 5.01 Å². The Bertz CT molecular complexity index is 1260. The van der Waals surface area contributed by atoms with E-state index in [1.54, 1.807) is 25.3 Å². The highest BCUT2D eigenvalue weighted by Gasteiger charge is 2.33. The minimum atomic E-state index is -0.260. The van der Waals surface area contributed by atoms with E-state index in [2.05, 4.69) is 10.4 Å². The number of methoxy groups -OCH3 is 1. The van der Waals surface area contributed by atoms with Crippen molar-refractivity contribution in [2.45, 2.75) is 25.3 Å². The van der Waals surface area contributed by atoms with Gasteiger partial charge in [-0.1, -0.05) is 42.5 Å². The molecule has 3 aromatic carbocycles. The summed E-state index contributed by atoms with van der Waals surface area (Å²) in [5.74, 6) is 1.50. The van der Waals surface area contributed by atoms with Crippen molar-refractivity contribution in [2.75, 3.05) is 19.2 Å². The fraction of sp³-hybridized carbons (Fsp3) is 0.222. The Morgan fingerprint density at radius 1 is 1.00 bits per heavy atom. The second-order valence-electron chi connectivity index (χ2n) is 8.26. The van der Waals surface area contributed by atoms with Crippen LogP contribution >= 0.6 is 0 Å². The summed E-state index contributed by atoms with van der Waals surface area (Å²) in [5, 5.41) is 8.99. The lowest BCUT2D eigenvalue weighted by Crippen LogP contribution is -2.28. The third-order valence-corrected chi connectivity index (χ3v) is 6.00. The predicted octanol–water partition coefficient (Wildman–Crippen LogP) is 4.52. The molecule has 8 nitrogen and oxygen atoms in total. The molecule has 2 aliphatic heterocycles. The van der Waals surface area contributed by atoms with Gasteiger partial charge in [0.1, 0.15) is 5.75 Å². The van der Waals surface area contributed by atoms with Crippen molar-refractivity contribution in [3.05, 3.63) is 83.9 Å². The molecule has 2 aliphatic rings. The monoisotopic (exact) mass is 471 g/mol. The van der Waals surface area contributed by atoms with Crippen LogP contribution in [0.15, 0.2) is 77.9 Å². The molecule has 0 saturated heterocycles. The zero-order chi connectivity index (χ0) is 24.2. The molecule has 2 heterocycles. The molecule has 5 rings (SSSR count). The summed E-state index contributed by atoms with van der Waals surface area (Å²) in [6, 6.07) is 22.4. The molecule has 0 radical (unpaired) electrons. The quantitative estimate of drug-likeness (QED) is 0.547. The van der Waals surface area contributed by atoms with E-state index in [4.69, 9.17) is 14.2 Å². The minimum absolute atomic E-state index is 0.0363. The van der Waals surface area contributed by atoms with Crippen LogP contribution in [0, 0.1) is 0 Å². The second kappa shape index (κ2) is 9.89. The van der Waals surface area contributed by atoms with Crippen LogP contribution in [0.5, 0.6) is 17.2 Å². The topological polar surface area (TPSA) is 89.5 Å². The van der Waals surface area contributed by atoms with Crippen molar-refractivity contribution >= 4 is 23.2 Å². The Hall–Kier alpha value is -4.33. The first-order valence-electron chi connectivity index (χ1n) is 11.4. The fourth-order valence-corrected chi connectivity index (χ4v) is 4.16. The highest BCUT2D eigenvalue weighted by molar-refractivity contribution is 6.03. The molecule has 178 valence electrons. The Morgan fingerprint density at radius 3 is 2.54 bits per heavy atom. The van der Waals surface area contributed by atoms with Crippen molar-refractivity contribution in [3.63, 3.8) is 0 Å². The number of anilines is 1. The molecule has 0 aromatic heterocycles. The molecule has 1 N–H and O–H groups in total. The number of ether oxygens (including phenoxy) is 3. The van der Waals surface area contributed by atoms with E-state index in [0.717, 1.165) is 22.6 Å². The minimum Gasteiger partial charge on any atom is -0.497 e. The van der Waals surface area contributed by atoms with Crippen LogP contribution in [-0.2, 0) is 9.59 Å². The smallest absolute Gasteiger partial charge is 0.243 e. The van der Waals surface area contributed by atoms with Crippen molar-refractivity contribution in [1.29, 1.82) is 0 Å². The third-order valence-electron chi connectivity index (χ3n) is 6.00.